The Morgan fingerprint density at radius 1 is 1.58 bits per heavy atom. The van der Waals surface area contributed by atoms with Crippen LogP contribution >= 0.6 is 11.6 Å². The van der Waals surface area contributed by atoms with E-state index in [2.05, 4.69) is 0 Å². The summed E-state index contributed by atoms with van der Waals surface area (Å²) in [7, 11) is 0. The second kappa shape index (κ2) is 3.87. The Kier molecular flexibility index (Phi) is 3.06. The topological polar surface area (TPSA) is 20.2 Å². The lowest BCUT2D eigenvalue weighted by atomic mass is 10.1. The first-order valence-electron chi connectivity index (χ1n) is 3.78. The fraction of sp³-hybridized carbons (Fsp3) is 0.333. The van der Waals surface area contributed by atoms with Crippen LogP contribution in [-0.2, 0) is 0 Å². The second-order valence-electron chi connectivity index (χ2n) is 2.57. The number of aliphatic hydroxyl groups excluding tert-OH is 1. The molecule has 1 nitrogen and oxygen atoms in total. The molecule has 0 spiro atoms. The maximum atomic E-state index is 13.1. The summed E-state index contributed by atoms with van der Waals surface area (Å²) in [6, 6.07) is 4.62. The Bertz CT molecular complexity index is 275. The van der Waals surface area contributed by atoms with Crippen LogP contribution in [0.5, 0.6) is 0 Å². The molecule has 0 aliphatic rings. The molecule has 0 heterocycles. The number of rotatable bonds is 2. The predicted octanol–water partition coefficient (Wildman–Crippen LogP) is 2.92. The number of hydrogen-bond donors (Lipinski definition) is 1. The van der Waals surface area contributed by atoms with Crippen molar-refractivity contribution in [1.82, 2.24) is 0 Å². The molecule has 1 aromatic rings. The summed E-state index contributed by atoms with van der Waals surface area (Å²) >= 11 is 5.53. The lowest BCUT2D eigenvalue weighted by Crippen LogP contribution is -1.98. The summed E-state index contributed by atoms with van der Waals surface area (Å²) in [5.74, 6) is -0.520. The highest BCUT2D eigenvalue weighted by molar-refractivity contribution is 6.30. The molecule has 0 fully saturated rings. The van der Waals surface area contributed by atoms with E-state index in [9.17, 15) is 9.50 Å². The molecule has 0 saturated carbocycles. The fourth-order valence-corrected chi connectivity index (χ4v) is 1.18. The zero-order valence-electron chi connectivity index (χ0n) is 6.72. The molecule has 1 aromatic carbocycles. The van der Waals surface area contributed by atoms with Crippen molar-refractivity contribution in [3.63, 3.8) is 0 Å². The van der Waals surface area contributed by atoms with Gasteiger partial charge in [0.05, 0.1) is 11.1 Å². The number of aliphatic hydroxyl groups is 1. The molecule has 1 rings (SSSR count). The molecule has 0 radical (unpaired) electrons. The highest BCUT2D eigenvalue weighted by atomic mass is 35.5. The summed E-state index contributed by atoms with van der Waals surface area (Å²) in [5.41, 5.74) is 0.269. The molecule has 0 aliphatic heterocycles. The van der Waals surface area contributed by atoms with E-state index < -0.39 is 11.9 Å². The lowest BCUT2D eigenvalue weighted by molar-refractivity contribution is 0.169. The molecule has 0 saturated heterocycles. The minimum atomic E-state index is -0.760. The van der Waals surface area contributed by atoms with E-state index in [0.29, 0.717) is 6.42 Å². The normalized spacial score (nSPS) is 13.0. The Morgan fingerprint density at radius 2 is 2.25 bits per heavy atom. The molecule has 66 valence electrons. The van der Waals surface area contributed by atoms with E-state index in [1.807, 2.05) is 0 Å². The maximum Gasteiger partial charge on any atom is 0.147 e. The number of hydrogen-bond acceptors (Lipinski definition) is 1. The molecule has 1 atom stereocenters. The first-order chi connectivity index (χ1) is 5.66. The van der Waals surface area contributed by atoms with Crippen molar-refractivity contribution in [2.45, 2.75) is 19.4 Å². The van der Waals surface area contributed by atoms with Crippen LogP contribution in [0.15, 0.2) is 18.2 Å². The molecule has 0 aliphatic carbocycles. The SMILES string of the molecule is CCC(O)c1cccc(Cl)c1F. The molecule has 1 unspecified atom stereocenters. The Balaban J connectivity index is 3.07. The number of halogens is 2. The number of benzene rings is 1. The first-order valence-corrected chi connectivity index (χ1v) is 4.16. The van der Waals surface area contributed by atoms with Crippen LogP contribution in [0.25, 0.3) is 0 Å². The Labute approximate surface area is 75.8 Å². The van der Waals surface area contributed by atoms with Gasteiger partial charge >= 0.3 is 0 Å². The van der Waals surface area contributed by atoms with Gasteiger partial charge < -0.3 is 5.11 Å². The van der Waals surface area contributed by atoms with Crippen LogP contribution in [0.2, 0.25) is 5.02 Å². The van der Waals surface area contributed by atoms with Crippen LogP contribution in [-0.4, -0.2) is 5.11 Å². The van der Waals surface area contributed by atoms with Crippen molar-refractivity contribution >= 4 is 11.6 Å². The minimum Gasteiger partial charge on any atom is -0.388 e. The predicted molar refractivity (Wildman–Crippen MR) is 46.7 cm³/mol. The van der Waals surface area contributed by atoms with Gasteiger partial charge in [0.1, 0.15) is 5.82 Å². The van der Waals surface area contributed by atoms with Crippen molar-refractivity contribution in [2.75, 3.05) is 0 Å². The molecule has 0 aromatic heterocycles. The van der Waals surface area contributed by atoms with Gasteiger partial charge in [-0.1, -0.05) is 30.7 Å². The average Bonchev–Trinajstić information content (AvgIpc) is 2.08. The van der Waals surface area contributed by atoms with E-state index in [4.69, 9.17) is 11.6 Å². The lowest BCUT2D eigenvalue weighted by Gasteiger charge is -2.09. The van der Waals surface area contributed by atoms with Crippen LogP contribution < -0.4 is 0 Å². The van der Waals surface area contributed by atoms with Crippen LogP contribution in [0.3, 0.4) is 0 Å². The molecule has 0 amide bonds. The van der Waals surface area contributed by atoms with Crippen molar-refractivity contribution in [1.29, 1.82) is 0 Å². The van der Waals surface area contributed by atoms with Crippen molar-refractivity contribution in [2.24, 2.45) is 0 Å². The van der Waals surface area contributed by atoms with Gasteiger partial charge in [-0.25, -0.2) is 4.39 Å². The average molecular weight is 189 g/mol. The van der Waals surface area contributed by atoms with Crippen LogP contribution in [0.4, 0.5) is 4.39 Å². The van der Waals surface area contributed by atoms with Crippen molar-refractivity contribution < 1.29 is 9.50 Å². The van der Waals surface area contributed by atoms with E-state index >= 15 is 0 Å². The zero-order valence-corrected chi connectivity index (χ0v) is 7.48. The third-order valence-corrected chi connectivity index (χ3v) is 2.02. The fourth-order valence-electron chi connectivity index (χ4n) is 0.998. The third-order valence-electron chi connectivity index (χ3n) is 1.73. The quantitative estimate of drug-likeness (QED) is 0.757. The summed E-state index contributed by atoms with van der Waals surface area (Å²) < 4.78 is 13.1. The maximum absolute atomic E-state index is 13.1. The molecule has 1 N–H and O–H groups in total. The monoisotopic (exact) mass is 188 g/mol. The first kappa shape index (κ1) is 9.49. The molecule has 12 heavy (non-hydrogen) atoms. The molecular formula is C9H10ClFO. The van der Waals surface area contributed by atoms with Crippen LogP contribution in [0.1, 0.15) is 25.0 Å². The van der Waals surface area contributed by atoms with Gasteiger partial charge in [-0.05, 0) is 12.5 Å². The van der Waals surface area contributed by atoms with E-state index in [0.717, 1.165) is 0 Å². The summed E-state index contributed by atoms with van der Waals surface area (Å²) in [4.78, 5) is 0. The molecular weight excluding hydrogens is 179 g/mol. The van der Waals surface area contributed by atoms with Gasteiger partial charge in [-0.2, -0.15) is 0 Å². The smallest absolute Gasteiger partial charge is 0.147 e. The van der Waals surface area contributed by atoms with E-state index in [1.54, 1.807) is 13.0 Å². The van der Waals surface area contributed by atoms with Gasteiger partial charge in [-0.3, -0.25) is 0 Å². The van der Waals surface area contributed by atoms with E-state index in [-0.39, 0.29) is 10.6 Å². The molecule has 3 heteroatoms. The Morgan fingerprint density at radius 3 is 2.83 bits per heavy atom. The summed E-state index contributed by atoms with van der Waals surface area (Å²) in [6.45, 7) is 1.78. The van der Waals surface area contributed by atoms with Gasteiger partial charge in [0.25, 0.3) is 0 Å². The zero-order chi connectivity index (χ0) is 9.14. The van der Waals surface area contributed by atoms with Gasteiger partial charge in [0.15, 0.2) is 0 Å². The standard InChI is InChI=1S/C9H10ClFO/c1-2-8(12)6-4-3-5-7(10)9(6)11/h3-5,8,12H,2H2,1H3. The highest BCUT2D eigenvalue weighted by Gasteiger charge is 2.12. The third kappa shape index (κ3) is 1.76. The van der Waals surface area contributed by atoms with Crippen LogP contribution in [0, 0.1) is 5.82 Å². The van der Waals surface area contributed by atoms with Gasteiger partial charge in [0, 0.05) is 5.56 Å². The Hall–Kier alpha value is -0.600. The van der Waals surface area contributed by atoms with Gasteiger partial charge in [-0.15, -0.1) is 0 Å². The summed E-state index contributed by atoms with van der Waals surface area (Å²) in [6.07, 6.45) is -0.277. The largest absolute Gasteiger partial charge is 0.388 e. The second-order valence-corrected chi connectivity index (χ2v) is 2.97. The van der Waals surface area contributed by atoms with E-state index in [1.165, 1.54) is 12.1 Å². The van der Waals surface area contributed by atoms with Crippen molar-refractivity contribution in [3.8, 4) is 0 Å². The van der Waals surface area contributed by atoms with Gasteiger partial charge in [0.2, 0.25) is 0 Å². The highest BCUT2D eigenvalue weighted by Crippen LogP contribution is 2.24. The van der Waals surface area contributed by atoms with Crippen molar-refractivity contribution in [3.05, 3.63) is 34.6 Å². The molecule has 0 bridgehead atoms. The minimum absolute atomic E-state index is 0.0556. The summed E-state index contributed by atoms with van der Waals surface area (Å²) in [5, 5.41) is 9.39.